The summed E-state index contributed by atoms with van der Waals surface area (Å²) >= 11 is 0. The van der Waals surface area contributed by atoms with Crippen molar-refractivity contribution in [3.63, 3.8) is 0 Å². The van der Waals surface area contributed by atoms with Crippen molar-refractivity contribution in [1.29, 1.82) is 0 Å². The van der Waals surface area contributed by atoms with Crippen LogP contribution in [0.5, 0.6) is 0 Å². The van der Waals surface area contributed by atoms with Crippen molar-refractivity contribution in [3.8, 4) is 0 Å². The Balaban J connectivity index is 1.84. The smallest absolute Gasteiger partial charge is 0.274 e. The third kappa shape index (κ3) is 3.29. The standard InChI is InChI=1S/C21H19F2N3O2/c22-17-7-3-8-18(23)16(17)14-25-13-5-12-24-11-4-10-20(24)21(25)15-6-1-2-9-19(15)26(27)28/h1-4,6-11,21H,5,12-14H2/t21-/m1/s1. The molecule has 7 heteroatoms. The second kappa shape index (κ2) is 7.52. The average molecular weight is 383 g/mol. The fraction of sp³-hybridized carbons (Fsp3) is 0.238. The van der Waals surface area contributed by atoms with Gasteiger partial charge >= 0.3 is 0 Å². The molecule has 4 rings (SSSR count). The van der Waals surface area contributed by atoms with E-state index in [4.69, 9.17) is 0 Å². The Labute approximate surface area is 161 Å². The number of nitro groups is 1. The number of nitrogens with zero attached hydrogens (tertiary/aromatic N) is 3. The molecule has 1 aliphatic rings. The molecule has 1 aromatic heterocycles. The van der Waals surface area contributed by atoms with Gasteiger partial charge in [-0.15, -0.1) is 0 Å². The van der Waals surface area contributed by atoms with Crippen LogP contribution in [0.15, 0.2) is 60.8 Å². The molecule has 3 aromatic rings. The van der Waals surface area contributed by atoms with Crippen molar-refractivity contribution in [2.45, 2.75) is 25.6 Å². The molecule has 0 radical (unpaired) electrons. The molecule has 144 valence electrons. The number of halogens is 2. The van der Waals surface area contributed by atoms with Gasteiger partial charge in [0, 0.05) is 43.2 Å². The Morgan fingerprint density at radius 3 is 2.50 bits per heavy atom. The minimum atomic E-state index is -0.610. The van der Waals surface area contributed by atoms with E-state index in [2.05, 4.69) is 4.57 Å². The first kappa shape index (κ1) is 18.3. The van der Waals surface area contributed by atoms with Crippen molar-refractivity contribution in [2.75, 3.05) is 6.54 Å². The van der Waals surface area contributed by atoms with E-state index < -0.39 is 22.6 Å². The lowest BCUT2D eigenvalue weighted by Crippen LogP contribution is -2.30. The fourth-order valence-electron chi connectivity index (χ4n) is 3.94. The fourth-order valence-corrected chi connectivity index (χ4v) is 3.94. The third-order valence-corrected chi connectivity index (χ3v) is 5.21. The number of benzene rings is 2. The normalized spacial score (nSPS) is 17.1. The maximum atomic E-state index is 14.3. The van der Waals surface area contributed by atoms with Gasteiger partial charge in [0.15, 0.2) is 0 Å². The van der Waals surface area contributed by atoms with Crippen LogP contribution in [0, 0.1) is 21.7 Å². The lowest BCUT2D eigenvalue weighted by Gasteiger charge is -2.30. The summed E-state index contributed by atoms with van der Waals surface area (Å²) in [7, 11) is 0. The van der Waals surface area contributed by atoms with Crippen molar-refractivity contribution < 1.29 is 13.7 Å². The molecule has 0 saturated heterocycles. The zero-order valence-electron chi connectivity index (χ0n) is 15.1. The molecular formula is C21H19F2N3O2. The molecule has 0 amide bonds. The summed E-state index contributed by atoms with van der Waals surface area (Å²) in [6, 6.07) is 13.7. The molecule has 0 unspecified atom stereocenters. The largest absolute Gasteiger partial charge is 0.350 e. The maximum absolute atomic E-state index is 14.3. The Morgan fingerprint density at radius 2 is 1.75 bits per heavy atom. The van der Waals surface area contributed by atoms with E-state index in [-0.39, 0.29) is 17.8 Å². The molecule has 2 heterocycles. The van der Waals surface area contributed by atoms with Crippen molar-refractivity contribution in [3.05, 3.63) is 99.4 Å². The van der Waals surface area contributed by atoms with E-state index in [0.717, 1.165) is 18.7 Å². The number of aryl methyl sites for hydroxylation is 1. The number of hydrogen-bond donors (Lipinski definition) is 0. The highest BCUT2D eigenvalue weighted by molar-refractivity contribution is 5.46. The molecule has 5 nitrogen and oxygen atoms in total. The van der Waals surface area contributed by atoms with Gasteiger partial charge in [0.1, 0.15) is 11.6 Å². The van der Waals surface area contributed by atoms with Gasteiger partial charge in [-0.05, 0) is 30.7 Å². The van der Waals surface area contributed by atoms with Gasteiger partial charge in [-0.3, -0.25) is 15.0 Å². The zero-order chi connectivity index (χ0) is 19.7. The van der Waals surface area contributed by atoms with Crippen molar-refractivity contribution >= 4 is 5.69 Å². The Bertz CT molecular complexity index is 998. The summed E-state index contributed by atoms with van der Waals surface area (Å²) in [5, 5.41) is 11.6. The Morgan fingerprint density at radius 1 is 1.00 bits per heavy atom. The van der Waals surface area contributed by atoms with Gasteiger partial charge in [-0.1, -0.05) is 24.3 Å². The molecular weight excluding hydrogens is 364 g/mol. The van der Waals surface area contributed by atoms with E-state index in [1.54, 1.807) is 18.2 Å². The van der Waals surface area contributed by atoms with Crippen LogP contribution in [0.3, 0.4) is 0 Å². The second-order valence-corrected chi connectivity index (χ2v) is 6.87. The molecule has 1 aliphatic heterocycles. The van der Waals surface area contributed by atoms with Crippen LogP contribution >= 0.6 is 0 Å². The third-order valence-electron chi connectivity index (χ3n) is 5.21. The van der Waals surface area contributed by atoms with Crippen LogP contribution in [0.2, 0.25) is 0 Å². The van der Waals surface area contributed by atoms with E-state index in [1.165, 1.54) is 24.3 Å². The average Bonchev–Trinajstić information content (AvgIpc) is 3.06. The van der Waals surface area contributed by atoms with Crippen LogP contribution in [-0.2, 0) is 13.1 Å². The topological polar surface area (TPSA) is 51.3 Å². The number of aromatic nitrogens is 1. The van der Waals surface area contributed by atoms with Crippen LogP contribution in [0.4, 0.5) is 14.5 Å². The second-order valence-electron chi connectivity index (χ2n) is 6.87. The Kier molecular flexibility index (Phi) is 4.92. The summed E-state index contributed by atoms with van der Waals surface area (Å²) in [4.78, 5) is 13.1. The molecule has 0 saturated carbocycles. The highest BCUT2D eigenvalue weighted by Crippen LogP contribution is 2.37. The predicted octanol–water partition coefficient (Wildman–Crippen LogP) is 4.67. The highest BCUT2D eigenvalue weighted by Gasteiger charge is 2.32. The van der Waals surface area contributed by atoms with E-state index in [1.807, 2.05) is 23.2 Å². The van der Waals surface area contributed by atoms with Crippen LogP contribution in [0.1, 0.15) is 29.3 Å². The Hall–Kier alpha value is -3.06. The number of hydrogen-bond acceptors (Lipinski definition) is 3. The first-order chi connectivity index (χ1) is 13.6. The summed E-state index contributed by atoms with van der Waals surface area (Å²) in [5.74, 6) is -1.22. The number of fused-ring (bicyclic) bond motifs is 1. The van der Waals surface area contributed by atoms with Crippen LogP contribution < -0.4 is 0 Å². The number of nitro benzene ring substituents is 1. The molecule has 28 heavy (non-hydrogen) atoms. The summed E-state index contributed by atoms with van der Waals surface area (Å²) < 4.78 is 30.7. The predicted molar refractivity (Wildman–Crippen MR) is 101 cm³/mol. The quantitative estimate of drug-likeness (QED) is 0.486. The molecule has 0 N–H and O–H groups in total. The summed E-state index contributed by atoms with van der Waals surface area (Å²) in [6.07, 6.45) is 2.71. The minimum absolute atomic E-state index is 0.00107. The lowest BCUT2D eigenvalue weighted by atomic mass is 9.99. The molecule has 0 fully saturated rings. The summed E-state index contributed by atoms with van der Waals surface area (Å²) in [6.45, 7) is 1.34. The highest BCUT2D eigenvalue weighted by atomic mass is 19.1. The van der Waals surface area contributed by atoms with E-state index in [9.17, 15) is 18.9 Å². The van der Waals surface area contributed by atoms with Gasteiger partial charge in [-0.2, -0.15) is 0 Å². The van der Waals surface area contributed by atoms with E-state index in [0.29, 0.717) is 12.1 Å². The molecule has 0 bridgehead atoms. The van der Waals surface area contributed by atoms with E-state index >= 15 is 0 Å². The molecule has 0 aliphatic carbocycles. The monoisotopic (exact) mass is 383 g/mol. The molecule has 0 spiro atoms. The molecule has 1 atom stereocenters. The SMILES string of the molecule is O=[N+]([O-])c1ccccc1[C@@H]1c2cccn2CCCN1Cc1c(F)cccc1F. The first-order valence-corrected chi connectivity index (χ1v) is 9.11. The van der Waals surface area contributed by atoms with Crippen molar-refractivity contribution in [2.24, 2.45) is 0 Å². The van der Waals surface area contributed by atoms with Gasteiger partial charge < -0.3 is 4.57 Å². The number of para-hydroxylation sites is 1. The lowest BCUT2D eigenvalue weighted by molar-refractivity contribution is -0.385. The van der Waals surface area contributed by atoms with Gasteiger partial charge in [0.2, 0.25) is 0 Å². The van der Waals surface area contributed by atoms with Crippen LogP contribution in [0.25, 0.3) is 0 Å². The van der Waals surface area contributed by atoms with Gasteiger partial charge in [0.05, 0.1) is 16.5 Å². The summed E-state index contributed by atoms with van der Waals surface area (Å²) in [5.41, 5.74) is 1.38. The molecule has 2 aromatic carbocycles. The van der Waals surface area contributed by atoms with Gasteiger partial charge in [0.25, 0.3) is 5.69 Å². The van der Waals surface area contributed by atoms with Gasteiger partial charge in [-0.25, -0.2) is 8.78 Å². The maximum Gasteiger partial charge on any atom is 0.274 e. The number of rotatable bonds is 4. The first-order valence-electron chi connectivity index (χ1n) is 9.11. The van der Waals surface area contributed by atoms with Crippen LogP contribution in [-0.4, -0.2) is 20.9 Å². The zero-order valence-corrected chi connectivity index (χ0v) is 15.1. The minimum Gasteiger partial charge on any atom is -0.350 e. The van der Waals surface area contributed by atoms with Crippen molar-refractivity contribution in [1.82, 2.24) is 9.47 Å².